The van der Waals surface area contributed by atoms with E-state index in [1.807, 2.05) is 6.20 Å². The molecular weight excluding hydrogens is 332 g/mol. The van der Waals surface area contributed by atoms with Crippen molar-refractivity contribution in [2.45, 2.75) is 6.42 Å². The van der Waals surface area contributed by atoms with Crippen molar-refractivity contribution in [2.24, 2.45) is 4.99 Å². The van der Waals surface area contributed by atoms with E-state index in [0.717, 1.165) is 5.56 Å². The van der Waals surface area contributed by atoms with Gasteiger partial charge in [-0.15, -0.1) is 0 Å². The molecule has 0 unspecified atom stereocenters. The number of anilines is 1. The third-order valence-corrected chi connectivity index (χ3v) is 3.86. The van der Waals surface area contributed by atoms with Crippen molar-refractivity contribution in [3.63, 3.8) is 0 Å². The number of benzene rings is 1. The van der Waals surface area contributed by atoms with Gasteiger partial charge in [0.05, 0.1) is 13.3 Å². The Labute approximate surface area is 151 Å². The van der Waals surface area contributed by atoms with E-state index in [2.05, 4.69) is 20.1 Å². The molecule has 8 heteroatoms. The van der Waals surface area contributed by atoms with E-state index in [9.17, 15) is 0 Å². The second kappa shape index (κ2) is 7.75. The van der Waals surface area contributed by atoms with Gasteiger partial charge in [-0.3, -0.25) is 4.99 Å². The molecule has 0 aliphatic carbocycles. The van der Waals surface area contributed by atoms with Crippen LogP contribution >= 0.6 is 0 Å². The van der Waals surface area contributed by atoms with Crippen LogP contribution in [-0.4, -0.2) is 51.3 Å². The van der Waals surface area contributed by atoms with Crippen LogP contribution < -0.4 is 10.5 Å². The molecule has 0 spiro atoms. The van der Waals surface area contributed by atoms with Gasteiger partial charge in [0, 0.05) is 43.4 Å². The summed E-state index contributed by atoms with van der Waals surface area (Å²) in [6.07, 6.45) is 5.71. The van der Waals surface area contributed by atoms with Crippen LogP contribution in [0.2, 0.25) is 0 Å². The third kappa shape index (κ3) is 3.55. The molecule has 3 rings (SSSR count). The van der Waals surface area contributed by atoms with Gasteiger partial charge < -0.3 is 15.6 Å². The Bertz CT molecular complexity index is 935. The Morgan fingerprint density at radius 3 is 2.92 bits per heavy atom. The quantitative estimate of drug-likeness (QED) is 0.510. The van der Waals surface area contributed by atoms with Crippen LogP contribution in [0.15, 0.2) is 47.8 Å². The van der Waals surface area contributed by atoms with Gasteiger partial charge >= 0.3 is 0 Å². The van der Waals surface area contributed by atoms with E-state index in [0.29, 0.717) is 40.8 Å². The van der Waals surface area contributed by atoms with Gasteiger partial charge in [0.15, 0.2) is 11.6 Å². The molecule has 0 fully saturated rings. The standard InChI is InChI=1S/C18H20N6O2/c1-20-17(14-9-13(26-2)3-4-15(14)19)18-21-7-5-16(23-18)24-11-12(6-8-25)10-22-24/h3-5,7,9-11,25H,6,8,19H2,1-2H3/b20-17+. The molecule has 0 aliphatic heterocycles. The van der Waals surface area contributed by atoms with E-state index < -0.39 is 0 Å². The van der Waals surface area contributed by atoms with Crippen LogP contribution in [0.3, 0.4) is 0 Å². The lowest BCUT2D eigenvalue weighted by Crippen LogP contribution is -2.13. The van der Waals surface area contributed by atoms with Gasteiger partial charge in [-0.05, 0) is 30.2 Å². The molecule has 0 saturated heterocycles. The number of aliphatic hydroxyl groups is 1. The molecule has 3 aromatic rings. The highest BCUT2D eigenvalue weighted by molar-refractivity contribution is 6.13. The molecule has 26 heavy (non-hydrogen) atoms. The number of rotatable bonds is 6. The van der Waals surface area contributed by atoms with Crippen molar-refractivity contribution in [1.29, 1.82) is 0 Å². The van der Waals surface area contributed by atoms with Crippen molar-refractivity contribution in [3.05, 3.63) is 59.8 Å². The Kier molecular flexibility index (Phi) is 5.23. The zero-order valence-electron chi connectivity index (χ0n) is 14.6. The topological polar surface area (TPSA) is 111 Å². The summed E-state index contributed by atoms with van der Waals surface area (Å²) in [5.41, 5.74) is 8.86. The van der Waals surface area contributed by atoms with E-state index >= 15 is 0 Å². The number of nitrogens with zero attached hydrogens (tertiary/aromatic N) is 5. The minimum atomic E-state index is 0.0719. The highest BCUT2D eigenvalue weighted by Crippen LogP contribution is 2.22. The average molecular weight is 352 g/mol. The molecule has 0 atom stereocenters. The summed E-state index contributed by atoms with van der Waals surface area (Å²) in [4.78, 5) is 13.2. The summed E-state index contributed by atoms with van der Waals surface area (Å²) in [6, 6.07) is 7.11. The number of hydrogen-bond acceptors (Lipinski definition) is 7. The predicted molar refractivity (Wildman–Crippen MR) is 98.9 cm³/mol. The maximum Gasteiger partial charge on any atom is 0.180 e. The number of aromatic nitrogens is 4. The first-order valence-electron chi connectivity index (χ1n) is 8.05. The molecule has 0 bridgehead atoms. The molecule has 0 amide bonds. The highest BCUT2D eigenvalue weighted by Gasteiger charge is 2.15. The third-order valence-electron chi connectivity index (χ3n) is 3.86. The Hall–Kier alpha value is -3.26. The number of nitrogen functional groups attached to an aromatic ring is 1. The van der Waals surface area contributed by atoms with Crippen LogP contribution in [0, 0.1) is 0 Å². The van der Waals surface area contributed by atoms with Crippen molar-refractivity contribution in [1.82, 2.24) is 19.7 Å². The maximum absolute atomic E-state index is 9.04. The first-order chi connectivity index (χ1) is 12.7. The van der Waals surface area contributed by atoms with Crippen molar-refractivity contribution < 1.29 is 9.84 Å². The van der Waals surface area contributed by atoms with Crippen LogP contribution in [0.25, 0.3) is 5.82 Å². The summed E-state index contributed by atoms with van der Waals surface area (Å²) in [7, 11) is 3.26. The van der Waals surface area contributed by atoms with Gasteiger partial charge in [0.2, 0.25) is 0 Å². The fourth-order valence-corrected chi connectivity index (χ4v) is 2.54. The zero-order valence-corrected chi connectivity index (χ0v) is 14.6. The Balaban J connectivity index is 2.00. The molecule has 0 radical (unpaired) electrons. The predicted octanol–water partition coefficient (Wildman–Crippen LogP) is 1.26. The molecule has 134 valence electrons. The van der Waals surface area contributed by atoms with Crippen molar-refractivity contribution in [3.8, 4) is 11.6 Å². The molecule has 3 N–H and O–H groups in total. The fourth-order valence-electron chi connectivity index (χ4n) is 2.54. The summed E-state index contributed by atoms with van der Waals surface area (Å²) in [5, 5.41) is 13.3. The number of methoxy groups -OCH3 is 1. The van der Waals surface area contributed by atoms with Crippen LogP contribution in [0.4, 0.5) is 5.69 Å². The number of hydrogen-bond donors (Lipinski definition) is 2. The monoisotopic (exact) mass is 352 g/mol. The molecule has 2 aromatic heterocycles. The van der Waals surface area contributed by atoms with Gasteiger partial charge in [-0.25, -0.2) is 14.6 Å². The summed E-state index contributed by atoms with van der Waals surface area (Å²) >= 11 is 0. The number of ether oxygens (including phenoxy) is 1. The first-order valence-corrected chi connectivity index (χ1v) is 8.05. The molecule has 2 heterocycles. The molecule has 0 saturated carbocycles. The summed E-state index contributed by atoms with van der Waals surface area (Å²) in [6.45, 7) is 0.0719. The van der Waals surface area contributed by atoms with Gasteiger partial charge in [-0.2, -0.15) is 5.10 Å². The van der Waals surface area contributed by atoms with Crippen LogP contribution in [0.5, 0.6) is 5.75 Å². The molecule has 1 aromatic carbocycles. The Morgan fingerprint density at radius 1 is 1.35 bits per heavy atom. The number of aliphatic hydroxyl groups excluding tert-OH is 1. The lowest BCUT2D eigenvalue weighted by molar-refractivity contribution is 0.299. The van der Waals surface area contributed by atoms with Crippen LogP contribution in [-0.2, 0) is 6.42 Å². The largest absolute Gasteiger partial charge is 0.497 e. The first kappa shape index (κ1) is 17.6. The Morgan fingerprint density at radius 2 is 2.19 bits per heavy atom. The highest BCUT2D eigenvalue weighted by atomic mass is 16.5. The number of nitrogens with two attached hydrogens (primary N) is 1. The smallest absolute Gasteiger partial charge is 0.180 e. The summed E-state index contributed by atoms with van der Waals surface area (Å²) in [5.74, 6) is 1.71. The minimum Gasteiger partial charge on any atom is -0.497 e. The maximum atomic E-state index is 9.04. The van der Waals surface area contributed by atoms with Gasteiger partial charge in [-0.1, -0.05) is 0 Å². The second-order valence-electron chi connectivity index (χ2n) is 5.53. The lowest BCUT2D eigenvalue weighted by Gasteiger charge is -2.11. The zero-order chi connectivity index (χ0) is 18.5. The van der Waals surface area contributed by atoms with Crippen molar-refractivity contribution >= 4 is 11.4 Å². The normalized spacial score (nSPS) is 11.6. The molecule has 8 nitrogen and oxygen atoms in total. The summed E-state index contributed by atoms with van der Waals surface area (Å²) < 4.78 is 6.91. The van der Waals surface area contributed by atoms with Crippen LogP contribution in [0.1, 0.15) is 17.0 Å². The lowest BCUT2D eigenvalue weighted by atomic mass is 10.1. The SMILES string of the molecule is C/N=C(/c1nccc(-n2cc(CCO)cn2)n1)c1cc(OC)ccc1N. The van der Waals surface area contributed by atoms with E-state index in [1.54, 1.807) is 55.5 Å². The van der Waals surface area contributed by atoms with Crippen molar-refractivity contribution in [2.75, 3.05) is 26.5 Å². The second-order valence-corrected chi connectivity index (χ2v) is 5.53. The van der Waals surface area contributed by atoms with E-state index in [1.165, 1.54) is 0 Å². The minimum absolute atomic E-state index is 0.0719. The van der Waals surface area contributed by atoms with Gasteiger partial charge in [0.1, 0.15) is 11.5 Å². The van der Waals surface area contributed by atoms with E-state index in [4.69, 9.17) is 15.6 Å². The van der Waals surface area contributed by atoms with E-state index in [-0.39, 0.29) is 6.61 Å². The molecule has 0 aliphatic rings. The average Bonchev–Trinajstić information content (AvgIpc) is 3.13. The fraction of sp³-hybridized carbons (Fsp3) is 0.222. The number of aliphatic imine (C=N–C) groups is 1. The van der Waals surface area contributed by atoms with Gasteiger partial charge in [0.25, 0.3) is 0 Å². The molecular formula is C18H20N6O2.